The lowest BCUT2D eigenvalue weighted by atomic mass is 10.0. The predicted octanol–water partition coefficient (Wildman–Crippen LogP) is -0.778. The normalized spacial score (nSPS) is 35.4. The molecule has 2 N–H and O–H groups in total. The van der Waals surface area contributed by atoms with Gasteiger partial charge in [0, 0.05) is 39.1 Å². The van der Waals surface area contributed by atoms with E-state index in [9.17, 15) is 9.59 Å². The van der Waals surface area contributed by atoms with E-state index in [1.807, 2.05) is 4.90 Å². The molecule has 3 heterocycles. The van der Waals surface area contributed by atoms with Crippen molar-refractivity contribution in [1.29, 1.82) is 0 Å². The Kier molecular flexibility index (Phi) is 3.58. The van der Waals surface area contributed by atoms with Crippen molar-refractivity contribution in [3.8, 4) is 0 Å². The average Bonchev–Trinajstić information content (AvgIpc) is 2.89. The van der Waals surface area contributed by atoms with Gasteiger partial charge < -0.3 is 15.5 Å². The minimum Gasteiger partial charge on any atom is -0.355 e. The molecule has 0 saturated carbocycles. The van der Waals surface area contributed by atoms with Crippen molar-refractivity contribution < 1.29 is 9.59 Å². The van der Waals surface area contributed by atoms with E-state index in [1.165, 1.54) is 0 Å². The maximum absolute atomic E-state index is 12.1. The van der Waals surface area contributed by atoms with Crippen LogP contribution in [0.15, 0.2) is 0 Å². The molecule has 5 nitrogen and oxygen atoms in total. The van der Waals surface area contributed by atoms with Crippen LogP contribution in [0.4, 0.5) is 0 Å². The largest absolute Gasteiger partial charge is 0.355 e. The molecule has 0 radical (unpaired) electrons. The molecule has 3 saturated heterocycles. The molecule has 0 aromatic carbocycles. The number of likely N-dealkylation sites (tertiary alicyclic amines) is 1. The molecule has 3 atom stereocenters. The minimum atomic E-state index is -0.112. The lowest BCUT2D eigenvalue weighted by Crippen LogP contribution is -2.37. The number of nitrogens with zero attached hydrogens (tertiary/aromatic N) is 1. The minimum absolute atomic E-state index is 0. The van der Waals surface area contributed by atoms with Crippen LogP contribution >= 0.6 is 12.4 Å². The highest BCUT2D eigenvalue weighted by atomic mass is 35.5. The fourth-order valence-corrected chi connectivity index (χ4v) is 3.07. The molecule has 17 heavy (non-hydrogen) atoms. The van der Waals surface area contributed by atoms with Gasteiger partial charge in [-0.05, 0) is 11.8 Å². The Balaban J connectivity index is 0.00000108. The molecule has 3 fully saturated rings. The highest BCUT2D eigenvalue weighted by molar-refractivity contribution is 5.89. The van der Waals surface area contributed by atoms with Gasteiger partial charge in [-0.25, -0.2) is 0 Å². The Morgan fingerprint density at radius 3 is 2.35 bits per heavy atom. The van der Waals surface area contributed by atoms with Crippen molar-refractivity contribution in [3.63, 3.8) is 0 Å². The third kappa shape index (κ3) is 2.26. The Labute approximate surface area is 107 Å². The first-order chi connectivity index (χ1) is 7.74. The fourth-order valence-electron chi connectivity index (χ4n) is 3.07. The van der Waals surface area contributed by atoms with E-state index >= 15 is 0 Å². The first-order valence-corrected chi connectivity index (χ1v) is 6.00. The van der Waals surface area contributed by atoms with Gasteiger partial charge in [0.15, 0.2) is 0 Å². The molecule has 2 amide bonds. The fraction of sp³-hybridized carbons (Fsp3) is 0.818. The zero-order valence-electron chi connectivity index (χ0n) is 9.65. The molecule has 3 aliphatic rings. The van der Waals surface area contributed by atoms with E-state index in [0.29, 0.717) is 24.8 Å². The zero-order valence-corrected chi connectivity index (χ0v) is 10.5. The van der Waals surface area contributed by atoms with Crippen LogP contribution in [0.5, 0.6) is 0 Å². The van der Waals surface area contributed by atoms with Crippen molar-refractivity contribution in [3.05, 3.63) is 0 Å². The van der Waals surface area contributed by atoms with E-state index < -0.39 is 0 Å². The van der Waals surface area contributed by atoms with Gasteiger partial charge in [0.25, 0.3) is 0 Å². The number of hydrogen-bond acceptors (Lipinski definition) is 3. The van der Waals surface area contributed by atoms with E-state index in [-0.39, 0.29) is 30.1 Å². The van der Waals surface area contributed by atoms with Gasteiger partial charge in [-0.1, -0.05) is 0 Å². The first kappa shape index (κ1) is 12.6. The van der Waals surface area contributed by atoms with E-state index in [2.05, 4.69) is 10.6 Å². The predicted molar refractivity (Wildman–Crippen MR) is 64.8 cm³/mol. The highest BCUT2D eigenvalue weighted by Crippen LogP contribution is 2.28. The van der Waals surface area contributed by atoms with Crippen LogP contribution in [0.2, 0.25) is 0 Å². The lowest BCUT2D eigenvalue weighted by molar-refractivity contribution is -0.135. The van der Waals surface area contributed by atoms with E-state index in [1.54, 1.807) is 0 Å². The summed E-state index contributed by atoms with van der Waals surface area (Å²) in [4.78, 5) is 25.2. The van der Waals surface area contributed by atoms with Gasteiger partial charge >= 0.3 is 0 Å². The van der Waals surface area contributed by atoms with Crippen LogP contribution in [0.25, 0.3) is 0 Å². The Hall–Kier alpha value is -0.810. The summed E-state index contributed by atoms with van der Waals surface area (Å²) in [5, 5.41) is 6.08. The van der Waals surface area contributed by atoms with Gasteiger partial charge in [0.05, 0.1) is 5.92 Å². The van der Waals surface area contributed by atoms with Gasteiger partial charge in [-0.2, -0.15) is 0 Å². The van der Waals surface area contributed by atoms with Crippen molar-refractivity contribution in [1.82, 2.24) is 15.5 Å². The molecular formula is C11H18ClN3O2. The van der Waals surface area contributed by atoms with Crippen molar-refractivity contribution >= 4 is 24.2 Å². The van der Waals surface area contributed by atoms with Crippen molar-refractivity contribution in [2.24, 2.45) is 17.8 Å². The Bertz CT molecular complexity index is 325. The number of nitrogens with one attached hydrogen (secondary N) is 2. The second-order valence-electron chi connectivity index (χ2n) is 5.13. The standard InChI is InChI=1S/C11H17N3O2.ClH/c15-10-1-7(4-13-10)11(16)14-5-8-2-12-3-9(8)6-14;/h7-9,12H,1-6H2,(H,13,15);1H/t7?,8-,9+;. The Morgan fingerprint density at radius 1 is 1.18 bits per heavy atom. The number of carbonyl (C=O) groups is 2. The van der Waals surface area contributed by atoms with Crippen LogP contribution in [0.1, 0.15) is 6.42 Å². The maximum Gasteiger partial charge on any atom is 0.228 e. The van der Waals surface area contributed by atoms with Gasteiger partial charge in [-0.3, -0.25) is 9.59 Å². The van der Waals surface area contributed by atoms with Gasteiger partial charge in [0.1, 0.15) is 0 Å². The summed E-state index contributed by atoms with van der Waals surface area (Å²) in [5.74, 6) is 1.34. The summed E-state index contributed by atoms with van der Waals surface area (Å²) < 4.78 is 0. The van der Waals surface area contributed by atoms with E-state index in [4.69, 9.17) is 0 Å². The molecule has 96 valence electrons. The number of amides is 2. The molecule has 3 rings (SSSR count). The van der Waals surface area contributed by atoms with Crippen LogP contribution in [0.3, 0.4) is 0 Å². The molecule has 0 bridgehead atoms. The third-order valence-corrected chi connectivity index (χ3v) is 4.03. The molecular weight excluding hydrogens is 242 g/mol. The SMILES string of the molecule is Cl.O=C1CC(C(=O)N2C[C@H]3CNC[C@H]3C2)CN1. The molecule has 0 aromatic rings. The van der Waals surface area contributed by atoms with E-state index in [0.717, 1.165) is 26.2 Å². The lowest BCUT2D eigenvalue weighted by Gasteiger charge is -2.20. The third-order valence-electron chi connectivity index (χ3n) is 4.03. The zero-order chi connectivity index (χ0) is 11.1. The number of halogens is 1. The summed E-state index contributed by atoms with van der Waals surface area (Å²) in [6.07, 6.45) is 0.378. The van der Waals surface area contributed by atoms with Gasteiger partial charge in [0.2, 0.25) is 11.8 Å². The average molecular weight is 260 g/mol. The summed E-state index contributed by atoms with van der Waals surface area (Å²) in [5.41, 5.74) is 0. The first-order valence-electron chi connectivity index (χ1n) is 6.00. The number of hydrogen-bond donors (Lipinski definition) is 2. The second-order valence-corrected chi connectivity index (χ2v) is 5.13. The summed E-state index contributed by atoms with van der Waals surface area (Å²) in [7, 11) is 0. The summed E-state index contributed by atoms with van der Waals surface area (Å²) >= 11 is 0. The maximum atomic E-state index is 12.1. The van der Waals surface area contributed by atoms with Crippen LogP contribution in [-0.2, 0) is 9.59 Å². The quantitative estimate of drug-likeness (QED) is 0.650. The highest BCUT2D eigenvalue weighted by Gasteiger charge is 2.41. The topological polar surface area (TPSA) is 61.4 Å². The molecule has 6 heteroatoms. The second kappa shape index (κ2) is 4.82. The monoisotopic (exact) mass is 259 g/mol. The van der Waals surface area contributed by atoms with Crippen LogP contribution < -0.4 is 10.6 Å². The summed E-state index contributed by atoms with van der Waals surface area (Å²) in [6.45, 7) is 4.36. The van der Waals surface area contributed by atoms with Crippen molar-refractivity contribution in [2.45, 2.75) is 6.42 Å². The Morgan fingerprint density at radius 2 is 1.82 bits per heavy atom. The number of fused-ring (bicyclic) bond motifs is 1. The molecule has 0 aliphatic carbocycles. The number of rotatable bonds is 1. The van der Waals surface area contributed by atoms with Crippen LogP contribution in [-0.4, -0.2) is 49.4 Å². The smallest absolute Gasteiger partial charge is 0.228 e. The molecule has 0 aromatic heterocycles. The summed E-state index contributed by atoms with van der Waals surface area (Å²) in [6, 6.07) is 0. The molecule has 1 unspecified atom stereocenters. The van der Waals surface area contributed by atoms with Crippen LogP contribution in [0, 0.1) is 17.8 Å². The number of carbonyl (C=O) groups excluding carboxylic acids is 2. The molecule has 0 spiro atoms. The van der Waals surface area contributed by atoms with Crippen molar-refractivity contribution in [2.75, 3.05) is 32.7 Å². The molecule has 3 aliphatic heterocycles. The van der Waals surface area contributed by atoms with Gasteiger partial charge in [-0.15, -0.1) is 12.4 Å².